The Morgan fingerprint density at radius 2 is 1.79 bits per heavy atom. The van der Waals surface area contributed by atoms with Gasteiger partial charge in [0.25, 0.3) is 0 Å². The molecule has 184 valence electrons. The minimum atomic E-state index is -0.361. The number of urea groups is 1. The van der Waals surface area contributed by atoms with Crippen LogP contribution in [0.15, 0.2) is 42.5 Å². The number of halogens is 1. The van der Waals surface area contributed by atoms with Gasteiger partial charge < -0.3 is 25.8 Å². The summed E-state index contributed by atoms with van der Waals surface area (Å²) in [4.78, 5) is 20.1. The Bertz CT molecular complexity index is 969. The van der Waals surface area contributed by atoms with Gasteiger partial charge in [0.2, 0.25) is 0 Å². The van der Waals surface area contributed by atoms with Gasteiger partial charge in [0.1, 0.15) is 5.82 Å². The number of carbonyl (C=O) groups is 1. The van der Waals surface area contributed by atoms with Gasteiger partial charge in [-0.05, 0) is 87.8 Å². The highest BCUT2D eigenvalue weighted by molar-refractivity contribution is 5.89. The molecule has 2 fully saturated rings. The second-order valence-corrected chi connectivity index (χ2v) is 9.89. The molecule has 1 saturated carbocycles. The molecule has 0 spiro atoms. The Morgan fingerprint density at radius 3 is 2.50 bits per heavy atom. The summed E-state index contributed by atoms with van der Waals surface area (Å²) >= 11 is 0. The number of nitrogens with one attached hydrogen (secondary N) is 1. The molecule has 3 N–H and O–H groups in total. The molecule has 2 aliphatic rings. The minimum Gasteiger partial charge on any atom is -0.399 e. The first-order valence-corrected chi connectivity index (χ1v) is 12.5. The molecule has 0 aromatic heterocycles. The maximum atomic E-state index is 13.7. The minimum absolute atomic E-state index is 0.158. The molecule has 4 rings (SSSR count). The van der Waals surface area contributed by atoms with E-state index in [-0.39, 0.29) is 17.9 Å². The van der Waals surface area contributed by atoms with E-state index in [1.807, 2.05) is 17.0 Å². The number of piperidine rings is 1. The van der Waals surface area contributed by atoms with Gasteiger partial charge in [-0.1, -0.05) is 25.3 Å². The Labute approximate surface area is 202 Å². The first-order chi connectivity index (χ1) is 16.4. The lowest BCUT2D eigenvalue weighted by molar-refractivity contribution is 0.163. The van der Waals surface area contributed by atoms with Crippen molar-refractivity contribution in [1.82, 2.24) is 9.80 Å². The third kappa shape index (κ3) is 6.00. The summed E-state index contributed by atoms with van der Waals surface area (Å²) in [5, 5.41) is 2.93. The second kappa shape index (κ2) is 11.1. The highest BCUT2D eigenvalue weighted by atomic mass is 19.1. The predicted octanol–water partition coefficient (Wildman–Crippen LogP) is 5.31. The van der Waals surface area contributed by atoms with Crippen molar-refractivity contribution < 1.29 is 9.18 Å². The molecule has 7 heteroatoms. The van der Waals surface area contributed by atoms with Crippen LogP contribution < -0.4 is 16.0 Å². The van der Waals surface area contributed by atoms with E-state index in [1.165, 1.54) is 18.6 Å². The molecule has 0 atom stereocenters. The maximum absolute atomic E-state index is 13.7. The third-order valence-electron chi connectivity index (χ3n) is 7.41. The van der Waals surface area contributed by atoms with Gasteiger partial charge in [-0.3, -0.25) is 0 Å². The van der Waals surface area contributed by atoms with Crippen LogP contribution in [0, 0.1) is 5.82 Å². The number of carbonyl (C=O) groups excluding carboxylic acids is 1. The van der Waals surface area contributed by atoms with Gasteiger partial charge in [0.05, 0.1) is 0 Å². The summed E-state index contributed by atoms with van der Waals surface area (Å²) in [5.41, 5.74) is 9.57. The van der Waals surface area contributed by atoms with Crippen LogP contribution >= 0.6 is 0 Å². The van der Waals surface area contributed by atoms with E-state index in [9.17, 15) is 9.18 Å². The maximum Gasteiger partial charge on any atom is 0.322 e. The number of nitrogen functional groups attached to an aromatic ring is 1. The summed E-state index contributed by atoms with van der Waals surface area (Å²) in [5.74, 6) is -0.361. The van der Waals surface area contributed by atoms with Crippen LogP contribution in [0.25, 0.3) is 0 Å². The average Bonchev–Trinajstić information content (AvgIpc) is 2.83. The van der Waals surface area contributed by atoms with Crippen molar-refractivity contribution >= 4 is 23.1 Å². The lowest BCUT2D eigenvalue weighted by Crippen LogP contribution is -2.44. The van der Waals surface area contributed by atoms with E-state index >= 15 is 0 Å². The molecule has 0 bridgehead atoms. The van der Waals surface area contributed by atoms with Crippen molar-refractivity contribution in [2.24, 2.45) is 0 Å². The standard InChI is InChI=1S/C27H38FN5O/c1-31-15-13-24(14-16-31)32(2)26-12-11-22(29)17-20(26)19-33(25-9-4-3-5-10-25)27(34)30-23-8-6-7-21(28)18-23/h6-8,11-12,17-18,24-25H,3-5,9-10,13-16,19,29H2,1-2H3,(H,30,34). The zero-order chi connectivity index (χ0) is 24.1. The number of nitrogens with zero attached hydrogens (tertiary/aromatic N) is 3. The van der Waals surface area contributed by atoms with Crippen molar-refractivity contribution in [3.05, 3.63) is 53.8 Å². The normalized spacial score (nSPS) is 18.0. The third-order valence-corrected chi connectivity index (χ3v) is 7.41. The van der Waals surface area contributed by atoms with Crippen LogP contribution in [0.1, 0.15) is 50.5 Å². The summed E-state index contributed by atoms with van der Waals surface area (Å²) in [6.07, 6.45) is 7.64. The Morgan fingerprint density at radius 1 is 1.06 bits per heavy atom. The fourth-order valence-corrected chi connectivity index (χ4v) is 5.36. The lowest BCUT2D eigenvalue weighted by Gasteiger charge is -2.39. The molecule has 0 radical (unpaired) electrons. The van der Waals surface area contributed by atoms with Crippen LogP contribution in [-0.2, 0) is 6.54 Å². The molecule has 2 amide bonds. The van der Waals surface area contributed by atoms with E-state index in [1.54, 1.807) is 12.1 Å². The summed E-state index contributed by atoms with van der Waals surface area (Å²) in [6, 6.07) is 12.5. The monoisotopic (exact) mass is 467 g/mol. The molecule has 1 heterocycles. The van der Waals surface area contributed by atoms with Crippen LogP contribution in [0.4, 0.5) is 26.2 Å². The van der Waals surface area contributed by atoms with Crippen molar-refractivity contribution in [2.75, 3.05) is 43.1 Å². The van der Waals surface area contributed by atoms with Crippen molar-refractivity contribution in [3.63, 3.8) is 0 Å². The number of hydrogen-bond acceptors (Lipinski definition) is 4. The zero-order valence-corrected chi connectivity index (χ0v) is 20.5. The van der Waals surface area contributed by atoms with Crippen LogP contribution in [0.3, 0.4) is 0 Å². The average molecular weight is 468 g/mol. The fraction of sp³-hybridized carbons (Fsp3) is 0.519. The van der Waals surface area contributed by atoms with E-state index in [0.29, 0.717) is 24.0 Å². The van der Waals surface area contributed by atoms with Gasteiger partial charge in [-0.25, -0.2) is 9.18 Å². The highest BCUT2D eigenvalue weighted by Gasteiger charge is 2.28. The van der Waals surface area contributed by atoms with Crippen LogP contribution in [0.5, 0.6) is 0 Å². The van der Waals surface area contributed by atoms with Gasteiger partial charge in [-0.15, -0.1) is 0 Å². The predicted molar refractivity (Wildman–Crippen MR) is 138 cm³/mol. The van der Waals surface area contributed by atoms with Gasteiger partial charge in [-0.2, -0.15) is 0 Å². The van der Waals surface area contributed by atoms with Crippen molar-refractivity contribution in [2.45, 2.75) is 63.6 Å². The van der Waals surface area contributed by atoms with E-state index in [2.05, 4.69) is 35.3 Å². The number of rotatable bonds is 6. The topological polar surface area (TPSA) is 64.8 Å². The molecule has 1 saturated heterocycles. The quantitative estimate of drug-likeness (QED) is 0.566. The van der Waals surface area contributed by atoms with E-state index in [4.69, 9.17) is 5.73 Å². The highest BCUT2D eigenvalue weighted by Crippen LogP contribution is 2.31. The number of amides is 2. The van der Waals surface area contributed by atoms with Crippen LogP contribution in [0.2, 0.25) is 0 Å². The van der Waals surface area contributed by atoms with Crippen molar-refractivity contribution in [1.29, 1.82) is 0 Å². The molecule has 34 heavy (non-hydrogen) atoms. The van der Waals surface area contributed by atoms with E-state index in [0.717, 1.165) is 62.9 Å². The van der Waals surface area contributed by atoms with Crippen molar-refractivity contribution in [3.8, 4) is 0 Å². The fourth-order valence-electron chi connectivity index (χ4n) is 5.36. The number of hydrogen-bond donors (Lipinski definition) is 2. The Balaban J connectivity index is 1.59. The number of anilines is 3. The molecule has 6 nitrogen and oxygen atoms in total. The van der Waals surface area contributed by atoms with Gasteiger partial charge in [0, 0.05) is 42.7 Å². The molecular formula is C27H38FN5O. The number of nitrogens with two attached hydrogens (primary N) is 1. The Kier molecular flexibility index (Phi) is 7.93. The first-order valence-electron chi connectivity index (χ1n) is 12.5. The molecule has 2 aromatic rings. The summed E-state index contributed by atoms with van der Waals surface area (Å²) in [7, 11) is 4.33. The van der Waals surface area contributed by atoms with Gasteiger partial charge in [0.15, 0.2) is 0 Å². The SMILES string of the molecule is CN1CCC(N(C)c2ccc(N)cc2CN(C(=O)Nc2cccc(F)c2)C2CCCCC2)CC1. The molecule has 0 unspecified atom stereocenters. The van der Waals surface area contributed by atoms with E-state index < -0.39 is 0 Å². The Hall–Kier alpha value is -2.80. The smallest absolute Gasteiger partial charge is 0.322 e. The van der Waals surface area contributed by atoms with Gasteiger partial charge >= 0.3 is 6.03 Å². The lowest BCUT2D eigenvalue weighted by atomic mass is 9.93. The molecule has 1 aliphatic heterocycles. The summed E-state index contributed by atoms with van der Waals surface area (Å²) in [6.45, 7) is 2.65. The summed E-state index contributed by atoms with van der Waals surface area (Å²) < 4.78 is 13.7. The molecule has 2 aromatic carbocycles. The first kappa shape index (κ1) is 24.3. The van der Waals surface area contributed by atoms with Crippen LogP contribution in [-0.4, -0.2) is 55.1 Å². The number of likely N-dealkylation sites (tertiary alicyclic amines) is 1. The largest absolute Gasteiger partial charge is 0.399 e. The second-order valence-electron chi connectivity index (χ2n) is 9.89. The molecule has 1 aliphatic carbocycles. The zero-order valence-electron chi connectivity index (χ0n) is 20.5. The molecular weight excluding hydrogens is 429 g/mol. The number of benzene rings is 2.